The maximum atomic E-state index is 12.5. The van der Waals surface area contributed by atoms with E-state index in [2.05, 4.69) is 10.6 Å². The second-order valence-corrected chi connectivity index (χ2v) is 7.36. The Balaban J connectivity index is 1.58. The van der Waals surface area contributed by atoms with Gasteiger partial charge in [0.15, 0.2) is 0 Å². The molecule has 0 saturated heterocycles. The number of anilines is 1. The lowest BCUT2D eigenvalue weighted by atomic mass is 9.94. The van der Waals surface area contributed by atoms with Crippen LogP contribution in [0.15, 0.2) is 60.2 Å². The predicted octanol–water partition coefficient (Wildman–Crippen LogP) is 4.37. The highest BCUT2D eigenvalue weighted by atomic mass is 16.5. The summed E-state index contributed by atoms with van der Waals surface area (Å²) in [7, 11) is 0. The van der Waals surface area contributed by atoms with Gasteiger partial charge >= 0.3 is 5.97 Å². The average Bonchev–Trinajstić information content (AvgIpc) is 2.73. The number of benzene rings is 2. The molecule has 1 saturated carbocycles. The number of allylic oxidation sites excluding steroid dienone is 1. The maximum absolute atomic E-state index is 12.5. The zero-order valence-corrected chi connectivity index (χ0v) is 17.1. The number of nitrogens with one attached hydrogen (secondary N) is 2. The highest BCUT2D eigenvalue weighted by Gasteiger charge is 2.10. The second-order valence-electron chi connectivity index (χ2n) is 7.36. The molecule has 0 aromatic heterocycles. The Morgan fingerprint density at radius 1 is 1.00 bits per heavy atom. The van der Waals surface area contributed by atoms with Crippen LogP contribution in [0.2, 0.25) is 0 Å². The molecule has 2 N–H and O–H groups in total. The molecule has 0 heterocycles. The average molecular weight is 406 g/mol. The third-order valence-electron chi connectivity index (χ3n) is 4.84. The van der Waals surface area contributed by atoms with Crippen molar-refractivity contribution in [3.63, 3.8) is 0 Å². The van der Waals surface area contributed by atoms with E-state index in [0.717, 1.165) is 31.2 Å². The highest BCUT2D eigenvalue weighted by molar-refractivity contribution is 6.04. The summed E-state index contributed by atoms with van der Waals surface area (Å²) in [5, 5.41) is 5.74. The minimum atomic E-state index is -0.443. The van der Waals surface area contributed by atoms with Gasteiger partial charge in [-0.25, -0.2) is 0 Å². The number of hydrogen-bond acceptors (Lipinski definition) is 4. The standard InChI is InChI=1S/C24H26N2O4/c1-17(27)30-22-12-6-10-20(15-22)24(29)26-21-11-5-9-19(13-21)16-25-23(28)14-18-7-3-2-4-8-18/h5-6,9-15H,2-4,7-8,16H2,1H3,(H,25,28)(H,26,29). The third-order valence-corrected chi connectivity index (χ3v) is 4.84. The second kappa shape index (κ2) is 10.4. The molecule has 2 aromatic carbocycles. The molecule has 0 aliphatic heterocycles. The zero-order valence-electron chi connectivity index (χ0n) is 17.1. The zero-order chi connectivity index (χ0) is 21.3. The lowest BCUT2D eigenvalue weighted by molar-refractivity contribution is -0.131. The maximum Gasteiger partial charge on any atom is 0.308 e. The number of amides is 2. The van der Waals surface area contributed by atoms with Crippen LogP contribution in [0.4, 0.5) is 5.69 Å². The molecule has 2 amide bonds. The number of carbonyl (C=O) groups excluding carboxylic acids is 3. The Bertz CT molecular complexity index is 957. The molecule has 2 aromatic rings. The molecule has 0 unspecified atom stereocenters. The van der Waals surface area contributed by atoms with Crippen LogP contribution in [0.1, 0.15) is 54.9 Å². The minimum absolute atomic E-state index is 0.0800. The summed E-state index contributed by atoms with van der Waals surface area (Å²) >= 11 is 0. The van der Waals surface area contributed by atoms with Gasteiger partial charge in [0, 0.05) is 30.8 Å². The number of carbonyl (C=O) groups is 3. The molecular weight excluding hydrogens is 380 g/mol. The summed E-state index contributed by atoms with van der Waals surface area (Å²) in [4.78, 5) is 35.8. The van der Waals surface area contributed by atoms with Crippen molar-refractivity contribution in [2.75, 3.05) is 5.32 Å². The SMILES string of the molecule is CC(=O)Oc1cccc(C(=O)Nc2cccc(CNC(=O)C=C3CCCCC3)c2)c1. The number of esters is 1. The summed E-state index contributed by atoms with van der Waals surface area (Å²) in [6.07, 6.45) is 7.29. The van der Waals surface area contributed by atoms with Crippen molar-refractivity contribution >= 4 is 23.5 Å². The Kier molecular flexibility index (Phi) is 7.38. The molecule has 0 radical (unpaired) electrons. The van der Waals surface area contributed by atoms with Gasteiger partial charge in [0.1, 0.15) is 5.75 Å². The molecule has 1 fully saturated rings. The summed E-state index contributed by atoms with van der Waals surface area (Å²) in [6.45, 7) is 1.69. The molecule has 1 aliphatic rings. The van der Waals surface area contributed by atoms with Crippen molar-refractivity contribution in [1.29, 1.82) is 0 Å². The first-order valence-corrected chi connectivity index (χ1v) is 10.2. The van der Waals surface area contributed by atoms with Gasteiger partial charge in [-0.1, -0.05) is 30.2 Å². The van der Waals surface area contributed by atoms with E-state index in [1.54, 1.807) is 30.3 Å². The summed E-state index contributed by atoms with van der Waals surface area (Å²) in [5.41, 5.74) is 3.11. The predicted molar refractivity (Wildman–Crippen MR) is 115 cm³/mol. The van der Waals surface area contributed by atoms with Crippen LogP contribution >= 0.6 is 0 Å². The molecule has 6 heteroatoms. The molecule has 3 rings (SSSR count). The summed E-state index contributed by atoms with van der Waals surface area (Å²) in [5.74, 6) is -0.518. The Labute approximate surface area is 176 Å². The quantitative estimate of drug-likeness (QED) is 0.424. The van der Waals surface area contributed by atoms with E-state index in [0.29, 0.717) is 23.5 Å². The first kappa shape index (κ1) is 21.3. The largest absolute Gasteiger partial charge is 0.427 e. The Hall–Kier alpha value is -3.41. The van der Waals surface area contributed by atoms with Crippen molar-refractivity contribution < 1.29 is 19.1 Å². The van der Waals surface area contributed by atoms with Gasteiger partial charge < -0.3 is 15.4 Å². The van der Waals surface area contributed by atoms with Crippen molar-refractivity contribution in [3.05, 3.63) is 71.3 Å². The van der Waals surface area contributed by atoms with E-state index in [1.807, 2.05) is 18.2 Å². The van der Waals surface area contributed by atoms with E-state index in [1.165, 1.54) is 25.0 Å². The smallest absolute Gasteiger partial charge is 0.308 e. The molecular formula is C24H26N2O4. The first-order valence-electron chi connectivity index (χ1n) is 10.2. The summed E-state index contributed by atoms with van der Waals surface area (Å²) < 4.78 is 5.02. The number of hydrogen-bond donors (Lipinski definition) is 2. The molecule has 6 nitrogen and oxygen atoms in total. The van der Waals surface area contributed by atoms with E-state index < -0.39 is 5.97 Å². The fourth-order valence-electron chi connectivity index (χ4n) is 3.40. The van der Waals surface area contributed by atoms with Crippen molar-refractivity contribution in [2.45, 2.75) is 45.6 Å². The van der Waals surface area contributed by atoms with Gasteiger partial charge in [0.25, 0.3) is 5.91 Å². The van der Waals surface area contributed by atoms with Gasteiger partial charge in [-0.05, 0) is 61.6 Å². The van der Waals surface area contributed by atoms with E-state index in [9.17, 15) is 14.4 Å². The van der Waals surface area contributed by atoms with Crippen LogP contribution in [0.25, 0.3) is 0 Å². The lowest BCUT2D eigenvalue weighted by Gasteiger charge is -2.13. The number of rotatable bonds is 6. The van der Waals surface area contributed by atoms with E-state index >= 15 is 0 Å². The normalized spacial score (nSPS) is 13.3. The minimum Gasteiger partial charge on any atom is -0.427 e. The van der Waals surface area contributed by atoms with Crippen LogP contribution in [0.5, 0.6) is 5.75 Å². The van der Waals surface area contributed by atoms with Gasteiger partial charge in [0.2, 0.25) is 5.91 Å². The number of ether oxygens (including phenoxy) is 1. The van der Waals surface area contributed by atoms with E-state index in [4.69, 9.17) is 4.74 Å². The highest BCUT2D eigenvalue weighted by Crippen LogP contribution is 2.22. The molecule has 30 heavy (non-hydrogen) atoms. The molecule has 0 bridgehead atoms. The topological polar surface area (TPSA) is 84.5 Å². The Morgan fingerprint density at radius 3 is 2.53 bits per heavy atom. The van der Waals surface area contributed by atoms with Gasteiger partial charge in [-0.2, -0.15) is 0 Å². The van der Waals surface area contributed by atoms with Crippen LogP contribution in [-0.4, -0.2) is 17.8 Å². The summed E-state index contributed by atoms with van der Waals surface area (Å²) in [6, 6.07) is 13.7. The van der Waals surface area contributed by atoms with Crippen LogP contribution in [0, 0.1) is 0 Å². The van der Waals surface area contributed by atoms with Gasteiger partial charge in [0.05, 0.1) is 0 Å². The van der Waals surface area contributed by atoms with Crippen LogP contribution in [0.3, 0.4) is 0 Å². The fraction of sp³-hybridized carbons (Fsp3) is 0.292. The lowest BCUT2D eigenvalue weighted by Crippen LogP contribution is -2.21. The Morgan fingerprint density at radius 2 is 1.77 bits per heavy atom. The van der Waals surface area contributed by atoms with Crippen molar-refractivity contribution in [2.24, 2.45) is 0 Å². The fourth-order valence-corrected chi connectivity index (χ4v) is 3.40. The van der Waals surface area contributed by atoms with Crippen molar-refractivity contribution in [3.8, 4) is 5.75 Å². The molecule has 156 valence electrons. The van der Waals surface area contributed by atoms with Gasteiger partial charge in [-0.3, -0.25) is 14.4 Å². The van der Waals surface area contributed by atoms with Crippen LogP contribution < -0.4 is 15.4 Å². The van der Waals surface area contributed by atoms with Gasteiger partial charge in [-0.15, -0.1) is 0 Å². The molecule has 0 atom stereocenters. The first-order chi connectivity index (χ1) is 14.5. The van der Waals surface area contributed by atoms with Crippen molar-refractivity contribution in [1.82, 2.24) is 5.32 Å². The molecule has 0 spiro atoms. The third kappa shape index (κ3) is 6.58. The van der Waals surface area contributed by atoms with E-state index in [-0.39, 0.29) is 11.8 Å². The monoisotopic (exact) mass is 406 g/mol. The van der Waals surface area contributed by atoms with Crippen LogP contribution in [-0.2, 0) is 16.1 Å². The molecule has 1 aliphatic carbocycles.